The number of aryl methyl sites for hydroxylation is 1. The molecule has 1 saturated heterocycles. The number of hydrogen-bond donors (Lipinski definition) is 4. The van der Waals surface area contributed by atoms with E-state index in [2.05, 4.69) is 9.97 Å². The third-order valence-corrected chi connectivity index (χ3v) is 2.70. The summed E-state index contributed by atoms with van der Waals surface area (Å²) in [5.41, 5.74) is 0.131. The van der Waals surface area contributed by atoms with Gasteiger partial charge in [0.15, 0.2) is 0 Å². The van der Waals surface area contributed by atoms with Crippen molar-refractivity contribution in [2.24, 2.45) is 0 Å². The van der Waals surface area contributed by atoms with Crippen molar-refractivity contribution in [1.82, 2.24) is 9.97 Å². The molecule has 1 aromatic heterocycles. The number of H-pyrrole nitrogens is 1. The first-order valence-electron chi connectivity index (χ1n) is 5.23. The lowest BCUT2D eigenvalue weighted by Gasteiger charge is -2.13. The van der Waals surface area contributed by atoms with Crippen LogP contribution in [0.4, 0.5) is 0 Å². The van der Waals surface area contributed by atoms with Gasteiger partial charge >= 0.3 is 0 Å². The van der Waals surface area contributed by atoms with Crippen molar-refractivity contribution < 1.29 is 20.1 Å². The minimum atomic E-state index is -1.22. The summed E-state index contributed by atoms with van der Waals surface area (Å²) in [7, 11) is 0. The number of rotatable bonds is 2. The van der Waals surface area contributed by atoms with Gasteiger partial charge in [0, 0.05) is 11.8 Å². The van der Waals surface area contributed by atoms with E-state index < -0.39 is 31.0 Å². The average molecular weight is 242 g/mol. The van der Waals surface area contributed by atoms with Gasteiger partial charge in [-0.05, 0) is 6.92 Å². The molecule has 0 aliphatic carbocycles. The Morgan fingerprint density at radius 2 is 2.18 bits per heavy atom. The van der Waals surface area contributed by atoms with E-state index in [-0.39, 0.29) is 11.4 Å². The molecule has 2 rings (SSSR count). The van der Waals surface area contributed by atoms with Gasteiger partial charge in [0.2, 0.25) is 0 Å². The van der Waals surface area contributed by atoms with Crippen molar-refractivity contribution in [2.45, 2.75) is 31.3 Å². The maximum absolute atomic E-state index is 11.3. The number of aromatic nitrogens is 2. The smallest absolute Gasteiger partial charge is 0.251 e. The van der Waals surface area contributed by atoms with Crippen LogP contribution in [0.15, 0.2) is 10.9 Å². The molecule has 7 heteroatoms. The first kappa shape index (κ1) is 12.2. The average Bonchev–Trinajstić information content (AvgIpc) is 2.54. The van der Waals surface area contributed by atoms with E-state index in [0.717, 1.165) is 0 Å². The predicted molar refractivity (Wildman–Crippen MR) is 56.3 cm³/mol. The quantitative estimate of drug-likeness (QED) is 0.488. The molecule has 0 unspecified atom stereocenters. The summed E-state index contributed by atoms with van der Waals surface area (Å²) in [4.78, 5) is 17.7. The van der Waals surface area contributed by atoms with E-state index in [1.807, 2.05) is 0 Å². The summed E-state index contributed by atoms with van der Waals surface area (Å²) in [6.45, 7) is 1.23. The highest BCUT2D eigenvalue weighted by Gasteiger charge is 2.44. The summed E-state index contributed by atoms with van der Waals surface area (Å²) in [5.74, 6) is 0.150. The third-order valence-electron chi connectivity index (χ3n) is 2.70. The predicted octanol–water partition coefficient (Wildman–Crippen LogP) is -1.77. The Hall–Kier alpha value is -1.28. The van der Waals surface area contributed by atoms with Crippen LogP contribution in [0.2, 0.25) is 0 Å². The number of nitrogens with one attached hydrogen (secondary N) is 1. The largest absolute Gasteiger partial charge is 0.394 e. The molecule has 0 spiro atoms. The Morgan fingerprint density at radius 3 is 2.71 bits per heavy atom. The summed E-state index contributed by atoms with van der Waals surface area (Å²) in [6.07, 6.45) is -4.23. The van der Waals surface area contributed by atoms with Crippen molar-refractivity contribution in [3.05, 3.63) is 27.9 Å². The van der Waals surface area contributed by atoms with Gasteiger partial charge in [-0.15, -0.1) is 0 Å². The standard InChI is InChI=1S/C10H14N2O5/c1-4-2-6(14)12-10(11-4)9-8(16)7(15)5(3-13)17-9/h2,5,7-9,13,15-16H,3H2,1H3,(H,11,12,14)/t5-,7-,8-,9+/m1/s1. The zero-order chi connectivity index (χ0) is 12.6. The van der Waals surface area contributed by atoms with E-state index in [1.165, 1.54) is 6.07 Å². The number of aliphatic hydroxyl groups excluding tert-OH is 3. The number of hydrogen-bond acceptors (Lipinski definition) is 6. The second-order valence-electron chi connectivity index (χ2n) is 4.03. The highest BCUT2D eigenvalue weighted by atomic mass is 16.6. The van der Waals surface area contributed by atoms with E-state index in [1.54, 1.807) is 6.92 Å². The van der Waals surface area contributed by atoms with E-state index in [9.17, 15) is 15.0 Å². The third kappa shape index (κ3) is 2.22. The molecule has 0 radical (unpaired) electrons. The van der Waals surface area contributed by atoms with Gasteiger partial charge in [-0.3, -0.25) is 4.79 Å². The number of ether oxygens (including phenoxy) is 1. The summed E-state index contributed by atoms with van der Waals surface area (Å²) in [5, 5.41) is 28.3. The van der Waals surface area contributed by atoms with Crippen LogP contribution in [0.5, 0.6) is 0 Å². The highest BCUT2D eigenvalue weighted by molar-refractivity contribution is 5.07. The van der Waals surface area contributed by atoms with Gasteiger partial charge in [0.1, 0.15) is 30.2 Å². The molecule has 1 fully saturated rings. The van der Waals surface area contributed by atoms with Crippen LogP contribution in [0.3, 0.4) is 0 Å². The molecule has 7 nitrogen and oxygen atoms in total. The lowest BCUT2D eigenvalue weighted by Crippen LogP contribution is -2.32. The van der Waals surface area contributed by atoms with Crippen LogP contribution in [0, 0.1) is 6.92 Å². The first-order valence-corrected chi connectivity index (χ1v) is 5.23. The van der Waals surface area contributed by atoms with Crippen LogP contribution in [0.25, 0.3) is 0 Å². The maximum atomic E-state index is 11.3. The fourth-order valence-corrected chi connectivity index (χ4v) is 1.86. The van der Waals surface area contributed by atoms with Gasteiger partial charge in [-0.25, -0.2) is 4.98 Å². The zero-order valence-corrected chi connectivity index (χ0v) is 9.20. The van der Waals surface area contributed by atoms with Crippen molar-refractivity contribution in [2.75, 3.05) is 6.61 Å². The van der Waals surface area contributed by atoms with E-state index in [4.69, 9.17) is 9.84 Å². The monoisotopic (exact) mass is 242 g/mol. The highest BCUT2D eigenvalue weighted by Crippen LogP contribution is 2.31. The first-order chi connectivity index (χ1) is 8.02. The lowest BCUT2D eigenvalue weighted by atomic mass is 10.1. The lowest BCUT2D eigenvalue weighted by molar-refractivity contribution is -0.0254. The molecule has 1 aromatic rings. The molecule has 1 aliphatic heterocycles. The molecule has 0 saturated carbocycles. The summed E-state index contributed by atoms with van der Waals surface area (Å²) < 4.78 is 5.25. The molecule has 4 N–H and O–H groups in total. The molecular weight excluding hydrogens is 228 g/mol. The minimum absolute atomic E-state index is 0.150. The van der Waals surface area contributed by atoms with Gasteiger partial charge in [0.05, 0.1) is 6.61 Å². The fraction of sp³-hybridized carbons (Fsp3) is 0.600. The van der Waals surface area contributed by atoms with Crippen LogP contribution in [0.1, 0.15) is 17.6 Å². The molecule has 4 atom stereocenters. The van der Waals surface area contributed by atoms with Gasteiger partial charge in [-0.2, -0.15) is 0 Å². The Bertz CT molecular complexity index is 460. The Labute approximate surface area is 96.7 Å². The fourth-order valence-electron chi connectivity index (χ4n) is 1.86. The van der Waals surface area contributed by atoms with E-state index in [0.29, 0.717) is 5.69 Å². The summed E-state index contributed by atoms with van der Waals surface area (Å²) in [6, 6.07) is 1.31. The van der Waals surface area contributed by atoms with Crippen molar-refractivity contribution in [3.63, 3.8) is 0 Å². The van der Waals surface area contributed by atoms with Crippen LogP contribution < -0.4 is 5.56 Å². The summed E-state index contributed by atoms with van der Waals surface area (Å²) >= 11 is 0. The Morgan fingerprint density at radius 1 is 1.47 bits per heavy atom. The van der Waals surface area contributed by atoms with E-state index >= 15 is 0 Å². The molecule has 94 valence electrons. The molecule has 17 heavy (non-hydrogen) atoms. The van der Waals surface area contributed by atoms with Gasteiger partial charge < -0.3 is 25.0 Å². The van der Waals surface area contributed by atoms with Crippen LogP contribution in [-0.2, 0) is 4.74 Å². The molecule has 0 amide bonds. The topological polar surface area (TPSA) is 116 Å². The second kappa shape index (κ2) is 4.53. The Balaban J connectivity index is 2.31. The molecule has 2 heterocycles. The molecular formula is C10H14N2O5. The Kier molecular flexibility index (Phi) is 3.25. The number of nitrogens with zero attached hydrogens (tertiary/aromatic N) is 1. The molecule has 0 bridgehead atoms. The second-order valence-corrected chi connectivity index (χ2v) is 4.03. The molecule has 1 aliphatic rings. The number of aromatic amines is 1. The molecule has 0 aromatic carbocycles. The van der Waals surface area contributed by atoms with Crippen molar-refractivity contribution in [1.29, 1.82) is 0 Å². The maximum Gasteiger partial charge on any atom is 0.251 e. The number of aliphatic hydroxyl groups is 3. The van der Waals surface area contributed by atoms with Crippen molar-refractivity contribution in [3.8, 4) is 0 Å². The van der Waals surface area contributed by atoms with Crippen LogP contribution >= 0.6 is 0 Å². The minimum Gasteiger partial charge on any atom is -0.394 e. The van der Waals surface area contributed by atoms with Gasteiger partial charge in [-0.1, -0.05) is 0 Å². The SMILES string of the molecule is Cc1cc(=O)[nH]c([C@H]2O[C@H](CO)[C@@H](O)[C@H]2O)n1. The van der Waals surface area contributed by atoms with Crippen molar-refractivity contribution >= 4 is 0 Å². The zero-order valence-electron chi connectivity index (χ0n) is 9.20. The van der Waals surface area contributed by atoms with Crippen LogP contribution in [-0.4, -0.2) is 50.2 Å². The normalized spacial score (nSPS) is 32.9. The van der Waals surface area contributed by atoms with Gasteiger partial charge in [0.25, 0.3) is 5.56 Å².